The topological polar surface area (TPSA) is 62.2 Å². The van der Waals surface area contributed by atoms with Gasteiger partial charge < -0.3 is 14.6 Å². The molecule has 8 heteroatoms. The minimum atomic E-state index is -1.83. The Morgan fingerprint density at radius 3 is 1.62 bits per heavy atom. The first-order valence-corrected chi connectivity index (χ1v) is 12.2. The summed E-state index contributed by atoms with van der Waals surface area (Å²) in [4.78, 5) is 17.8. The molecule has 3 aromatic carbocycles. The number of halogens is 2. The van der Waals surface area contributed by atoms with Crippen LogP contribution in [0.2, 0.25) is 0 Å². The number of nitrogens with zero attached hydrogens (tertiary/aromatic N) is 2. The molecule has 0 aliphatic carbocycles. The Morgan fingerprint density at radius 1 is 0.703 bits per heavy atom. The minimum absolute atomic E-state index is 0. The van der Waals surface area contributed by atoms with Crippen molar-refractivity contribution in [3.63, 3.8) is 0 Å². The molecule has 0 bridgehead atoms. The van der Waals surface area contributed by atoms with Crippen LogP contribution in [0.15, 0.2) is 91.0 Å². The van der Waals surface area contributed by atoms with Gasteiger partial charge in [0.05, 0.1) is 13.2 Å². The molecule has 1 aliphatic rings. The molecular weight excluding hydrogens is 511 g/mol. The van der Waals surface area contributed by atoms with E-state index in [-0.39, 0.29) is 31.4 Å². The zero-order valence-corrected chi connectivity index (χ0v) is 22.5. The molecule has 200 valence electrons. The summed E-state index contributed by atoms with van der Waals surface area (Å²) in [7, 11) is 0. The lowest BCUT2D eigenvalue weighted by Crippen LogP contribution is -2.48. The summed E-state index contributed by atoms with van der Waals surface area (Å²) in [6.07, 6.45) is 0. The van der Waals surface area contributed by atoms with E-state index in [9.17, 15) is 9.90 Å². The average Bonchev–Trinajstić information content (AvgIpc) is 2.93. The van der Waals surface area contributed by atoms with Gasteiger partial charge in [0.15, 0.2) is 0 Å². The molecule has 0 radical (unpaired) electrons. The summed E-state index contributed by atoms with van der Waals surface area (Å²) in [6.45, 7) is 6.90. The van der Waals surface area contributed by atoms with Crippen molar-refractivity contribution in [1.82, 2.24) is 9.80 Å². The minimum Gasteiger partial charge on any atom is -0.462 e. The maximum atomic E-state index is 13.1. The Hall–Kier alpha value is -2.45. The maximum Gasteiger partial charge on any atom is 0.347 e. The summed E-state index contributed by atoms with van der Waals surface area (Å²) in [5, 5.41) is 11.5. The summed E-state index contributed by atoms with van der Waals surface area (Å²) in [5.74, 6) is -0.649. The fraction of sp³-hybridized carbons (Fsp3) is 0.345. The third-order valence-electron chi connectivity index (χ3n) is 6.45. The van der Waals surface area contributed by atoms with Gasteiger partial charge in [0.1, 0.15) is 6.61 Å². The molecule has 3 aromatic rings. The van der Waals surface area contributed by atoms with Gasteiger partial charge in [0.2, 0.25) is 5.60 Å². The number of benzene rings is 3. The first-order chi connectivity index (χ1) is 17.2. The normalized spacial score (nSPS) is 14.3. The molecule has 4 rings (SSSR count). The molecule has 1 N–H and O–H groups in total. The van der Waals surface area contributed by atoms with Gasteiger partial charge in [-0.05, 0) is 16.7 Å². The molecule has 1 saturated heterocycles. The van der Waals surface area contributed by atoms with Gasteiger partial charge in [-0.25, -0.2) is 4.79 Å². The molecule has 1 heterocycles. The van der Waals surface area contributed by atoms with Crippen LogP contribution in [0.3, 0.4) is 0 Å². The summed E-state index contributed by atoms with van der Waals surface area (Å²) in [5.41, 5.74) is 0.359. The van der Waals surface area contributed by atoms with Crippen molar-refractivity contribution in [2.45, 2.75) is 12.2 Å². The Labute approximate surface area is 232 Å². The zero-order chi connectivity index (χ0) is 24.3. The Kier molecular flexibility index (Phi) is 13.1. The number of carbonyl (C=O) groups is 1. The van der Waals surface area contributed by atoms with Crippen molar-refractivity contribution in [3.05, 3.63) is 108 Å². The average molecular weight is 548 g/mol. The summed E-state index contributed by atoms with van der Waals surface area (Å²) >= 11 is 0. The van der Waals surface area contributed by atoms with Crippen molar-refractivity contribution >= 4 is 30.8 Å². The second kappa shape index (κ2) is 15.7. The SMILES string of the molecule is Cl.Cl.O=C(OCCN1CCN(CCOCc2ccccc2)CC1)C(O)(c1ccccc1)c1ccccc1. The lowest BCUT2D eigenvalue weighted by atomic mass is 9.86. The highest BCUT2D eigenvalue weighted by molar-refractivity contribution is 5.86. The number of hydrogen-bond acceptors (Lipinski definition) is 6. The number of carbonyl (C=O) groups excluding carboxylic acids is 1. The highest BCUT2D eigenvalue weighted by Crippen LogP contribution is 2.31. The van der Waals surface area contributed by atoms with Crippen LogP contribution < -0.4 is 0 Å². The predicted octanol–water partition coefficient (Wildman–Crippen LogP) is 4.14. The van der Waals surface area contributed by atoms with Crippen LogP contribution in [0, 0.1) is 0 Å². The van der Waals surface area contributed by atoms with Crippen molar-refractivity contribution in [2.75, 3.05) is 52.5 Å². The maximum absolute atomic E-state index is 13.1. The van der Waals surface area contributed by atoms with Crippen LogP contribution >= 0.6 is 24.8 Å². The molecule has 6 nitrogen and oxygen atoms in total. The molecule has 0 amide bonds. The molecule has 1 aliphatic heterocycles. The van der Waals surface area contributed by atoms with E-state index in [2.05, 4.69) is 21.9 Å². The quantitative estimate of drug-likeness (QED) is 0.288. The Morgan fingerprint density at radius 2 is 1.14 bits per heavy atom. The van der Waals surface area contributed by atoms with Crippen LogP contribution in [0.25, 0.3) is 0 Å². The summed E-state index contributed by atoms with van der Waals surface area (Å²) in [6, 6.07) is 28.1. The van der Waals surface area contributed by atoms with Gasteiger partial charge in [-0.3, -0.25) is 9.80 Å². The van der Waals surface area contributed by atoms with Crippen molar-refractivity contribution < 1.29 is 19.4 Å². The molecule has 0 aromatic heterocycles. The van der Waals surface area contributed by atoms with Gasteiger partial charge in [-0.15, -0.1) is 24.8 Å². The number of piperazine rings is 1. The van der Waals surface area contributed by atoms with Gasteiger partial charge in [0.25, 0.3) is 0 Å². The van der Waals surface area contributed by atoms with Gasteiger partial charge in [-0.2, -0.15) is 0 Å². The highest BCUT2D eigenvalue weighted by Gasteiger charge is 2.41. The Bertz CT molecular complexity index is 994. The van der Waals surface area contributed by atoms with Gasteiger partial charge in [0, 0.05) is 39.3 Å². The number of hydrogen-bond donors (Lipinski definition) is 1. The van der Waals surface area contributed by atoms with Crippen LogP contribution in [0.1, 0.15) is 16.7 Å². The van der Waals surface area contributed by atoms with E-state index >= 15 is 0 Å². The second-order valence-electron chi connectivity index (χ2n) is 8.80. The molecule has 1 fully saturated rings. The fourth-order valence-corrected chi connectivity index (χ4v) is 4.33. The van der Waals surface area contributed by atoms with E-state index in [0.717, 1.165) is 32.7 Å². The molecule has 0 spiro atoms. The molecule has 0 atom stereocenters. The molecular formula is C29H36Cl2N2O4. The van der Waals surface area contributed by atoms with Gasteiger partial charge >= 0.3 is 5.97 Å². The lowest BCUT2D eigenvalue weighted by molar-refractivity contribution is -0.162. The second-order valence-corrected chi connectivity index (χ2v) is 8.80. The first-order valence-electron chi connectivity index (χ1n) is 12.2. The van der Waals surface area contributed by atoms with Crippen molar-refractivity contribution in [2.24, 2.45) is 0 Å². The fourth-order valence-electron chi connectivity index (χ4n) is 4.33. The van der Waals surface area contributed by atoms with Gasteiger partial charge in [-0.1, -0.05) is 91.0 Å². The number of esters is 1. The molecule has 0 saturated carbocycles. The predicted molar refractivity (Wildman–Crippen MR) is 150 cm³/mol. The van der Waals surface area contributed by atoms with E-state index in [1.54, 1.807) is 24.3 Å². The molecule has 0 unspecified atom stereocenters. The lowest BCUT2D eigenvalue weighted by Gasteiger charge is -2.34. The van der Waals surface area contributed by atoms with Crippen LogP contribution in [0.5, 0.6) is 0 Å². The number of aliphatic hydroxyl groups is 1. The summed E-state index contributed by atoms with van der Waals surface area (Å²) < 4.78 is 11.4. The van der Waals surface area contributed by atoms with E-state index in [4.69, 9.17) is 9.47 Å². The first kappa shape index (κ1) is 30.8. The van der Waals surface area contributed by atoms with E-state index in [1.165, 1.54) is 5.56 Å². The van der Waals surface area contributed by atoms with Crippen LogP contribution in [-0.4, -0.2) is 73.4 Å². The van der Waals surface area contributed by atoms with Crippen LogP contribution in [-0.2, 0) is 26.5 Å². The smallest absolute Gasteiger partial charge is 0.347 e. The van der Waals surface area contributed by atoms with Crippen molar-refractivity contribution in [1.29, 1.82) is 0 Å². The Balaban J connectivity index is 0.00000241. The third-order valence-corrected chi connectivity index (χ3v) is 6.45. The van der Waals surface area contributed by atoms with E-state index in [1.807, 2.05) is 54.6 Å². The van der Waals surface area contributed by atoms with E-state index < -0.39 is 11.6 Å². The number of rotatable bonds is 11. The van der Waals surface area contributed by atoms with E-state index in [0.29, 0.717) is 30.9 Å². The van der Waals surface area contributed by atoms with Crippen LogP contribution in [0.4, 0.5) is 0 Å². The van der Waals surface area contributed by atoms with Crippen molar-refractivity contribution in [3.8, 4) is 0 Å². The monoisotopic (exact) mass is 546 g/mol. The molecule has 37 heavy (non-hydrogen) atoms. The zero-order valence-electron chi connectivity index (χ0n) is 20.9. The highest BCUT2D eigenvalue weighted by atomic mass is 35.5. The largest absolute Gasteiger partial charge is 0.462 e. The third kappa shape index (κ3) is 8.54. The number of ether oxygens (including phenoxy) is 2. The standard InChI is InChI=1S/C29H34N2O4.2ClH/c32-28(29(33,26-12-6-2-7-13-26)27-14-8-3-9-15-27)35-23-21-31-18-16-30(17-19-31)20-22-34-24-25-10-4-1-5-11-25;;/h1-15,33H,16-24H2;2*1H.